The summed E-state index contributed by atoms with van der Waals surface area (Å²) in [7, 11) is 4.20. The molecule has 1 aromatic carbocycles. The van der Waals surface area contributed by atoms with Gasteiger partial charge >= 0.3 is 0 Å². The van der Waals surface area contributed by atoms with Crippen molar-refractivity contribution in [2.75, 3.05) is 26.0 Å². The highest BCUT2D eigenvalue weighted by Gasteiger charge is 2.31. The number of rotatable bonds is 6. The van der Waals surface area contributed by atoms with Crippen LogP contribution in [0.4, 0.5) is 5.82 Å². The van der Waals surface area contributed by atoms with E-state index in [0.29, 0.717) is 6.61 Å². The number of thiophene rings is 1. The molecular weight excluding hydrogens is 458 g/mol. The molecule has 180 valence electrons. The molecule has 0 saturated carbocycles. The van der Waals surface area contributed by atoms with E-state index in [1.165, 1.54) is 16.7 Å². The largest absolute Gasteiger partial charge is 0.370 e. The van der Waals surface area contributed by atoms with Crippen LogP contribution < -0.4 is 5.32 Å². The van der Waals surface area contributed by atoms with E-state index in [9.17, 15) is 0 Å². The highest BCUT2D eigenvalue weighted by Crippen LogP contribution is 2.41. The van der Waals surface area contributed by atoms with Gasteiger partial charge in [-0.2, -0.15) is 0 Å². The van der Waals surface area contributed by atoms with Crippen molar-refractivity contribution in [1.82, 2.24) is 29.8 Å². The maximum absolute atomic E-state index is 6.19. The van der Waals surface area contributed by atoms with Crippen molar-refractivity contribution < 1.29 is 4.74 Å². The number of H-pyrrole nitrogens is 1. The fourth-order valence-corrected chi connectivity index (χ4v) is 6.02. The number of nitrogens with zero attached hydrogens (tertiary/aromatic N) is 5. The number of hydrogen-bond acceptors (Lipinski definition) is 8. The summed E-state index contributed by atoms with van der Waals surface area (Å²) < 4.78 is 7.24. The average Bonchev–Trinajstić information content (AvgIpc) is 3.42. The zero-order chi connectivity index (χ0) is 24.2. The molecule has 1 aliphatic heterocycles. The molecule has 0 aliphatic carbocycles. The van der Waals surface area contributed by atoms with E-state index >= 15 is 0 Å². The Morgan fingerprint density at radius 1 is 1.20 bits per heavy atom. The monoisotopic (exact) mass is 487 g/mol. The van der Waals surface area contributed by atoms with Gasteiger partial charge in [0.15, 0.2) is 0 Å². The third-order valence-corrected chi connectivity index (χ3v) is 7.65. The molecular formula is C26H29N7OS. The average molecular weight is 488 g/mol. The first-order valence-electron chi connectivity index (χ1n) is 11.9. The van der Waals surface area contributed by atoms with E-state index in [1.54, 1.807) is 24.0 Å². The number of benzene rings is 1. The fraction of sp³-hybridized carbons (Fsp3) is 0.385. The highest BCUT2D eigenvalue weighted by molar-refractivity contribution is 7.26. The predicted octanol–water partition coefficient (Wildman–Crippen LogP) is 4.68. The van der Waals surface area contributed by atoms with Gasteiger partial charge in [-0.1, -0.05) is 6.07 Å². The van der Waals surface area contributed by atoms with Gasteiger partial charge in [-0.3, -0.25) is 0 Å². The molecule has 9 heteroatoms. The SMILES string of the molecule is CN(C)Cc1c2c(nc3sc4c(NCCc5ccc6[nH]cnc6c5)ncnc4c13)CC(C)(C)OC2. The molecule has 0 atom stereocenters. The Labute approximate surface area is 207 Å². The van der Waals surface area contributed by atoms with Gasteiger partial charge in [0, 0.05) is 30.5 Å². The number of aromatic amines is 1. The Hall–Kier alpha value is -3.14. The molecule has 0 bridgehead atoms. The van der Waals surface area contributed by atoms with Gasteiger partial charge in [-0.05, 0) is 57.6 Å². The van der Waals surface area contributed by atoms with E-state index in [0.717, 1.165) is 68.9 Å². The summed E-state index contributed by atoms with van der Waals surface area (Å²) in [6.07, 6.45) is 5.08. The maximum Gasteiger partial charge on any atom is 0.147 e. The standard InChI is InChI=1S/C26H29N7OS/c1-26(2)10-20-17(12-34-26)16(11-33(3)4)21-22-23(35-25(21)32-20)24(31-14-30-22)27-8-7-15-5-6-18-19(9-15)29-13-28-18/h5-6,9,13-14H,7-8,10-12H2,1-4H3,(H,28,29)(H,27,30,31). The van der Waals surface area contributed by atoms with Crippen molar-refractivity contribution >= 4 is 48.6 Å². The van der Waals surface area contributed by atoms with Crippen LogP contribution in [0.2, 0.25) is 0 Å². The van der Waals surface area contributed by atoms with Crippen LogP contribution in [-0.4, -0.2) is 56.1 Å². The normalized spacial score (nSPS) is 15.3. The number of hydrogen-bond donors (Lipinski definition) is 2. The molecule has 0 spiro atoms. The minimum atomic E-state index is -0.203. The number of imidazole rings is 1. The van der Waals surface area contributed by atoms with Crippen LogP contribution >= 0.6 is 11.3 Å². The molecule has 35 heavy (non-hydrogen) atoms. The van der Waals surface area contributed by atoms with Crippen molar-refractivity contribution in [3.8, 4) is 0 Å². The molecule has 0 amide bonds. The lowest BCUT2D eigenvalue weighted by Gasteiger charge is -2.32. The second-order valence-corrected chi connectivity index (χ2v) is 11.1. The molecule has 0 unspecified atom stereocenters. The molecule has 0 radical (unpaired) electrons. The summed E-state index contributed by atoms with van der Waals surface area (Å²) in [5.41, 5.74) is 7.69. The summed E-state index contributed by atoms with van der Waals surface area (Å²) in [5, 5.41) is 4.68. The van der Waals surface area contributed by atoms with Gasteiger partial charge in [-0.15, -0.1) is 11.3 Å². The van der Waals surface area contributed by atoms with E-state index in [-0.39, 0.29) is 5.60 Å². The van der Waals surface area contributed by atoms with Crippen LogP contribution in [-0.2, 0) is 30.7 Å². The third kappa shape index (κ3) is 4.13. The maximum atomic E-state index is 6.19. The van der Waals surface area contributed by atoms with Crippen LogP contribution in [0.15, 0.2) is 30.9 Å². The van der Waals surface area contributed by atoms with E-state index in [2.05, 4.69) is 71.3 Å². The van der Waals surface area contributed by atoms with E-state index in [1.807, 2.05) is 0 Å². The van der Waals surface area contributed by atoms with Gasteiger partial charge < -0.3 is 19.9 Å². The molecule has 1 aliphatic rings. The summed E-state index contributed by atoms with van der Waals surface area (Å²) in [6, 6.07) is 6.36. The Morgan fingerprint density at radius 2 is 2.09 bits per heavy atom. The molecule has 6 rings (SSSR count). The molecule has 2 N–H and O–H groups in total. The zero-order valence-corrected chi connectivity index (χ0v) is 21.3. The van der Waals surface area contributed by atoms with Crippen molar-refractivity contribution in [3.63, 3.8) is 0 Å². The summed E-state index contributed by atoms with van der Waals surface area (Å²) in [5.74, 6) is 0.865. The Bertz CT molecular complexity index is 1550. The van der Waals surface area contributed by atoms with E-state index in [4.69, 9.17) is 14.7 Å². The fourth-order valence-electron chi connectivity index (χ4n) is 4.88. The van der Waals surface area contributed by atoms with Gasteiger partial charge in [0.05, 0.1) is 45.5 Å². The van der Waals surface area contributed by atoms with Crippen LogP contribution in [0.3, 0.4) is 0 Å². The molecule has 8 nitrogen and oxygen atoms in total. The number of nitrogens with one attached hydrogen (secondary N) is 2. The quantitative estimate of drug-likeness (QED) is 0.359. The highest BCUT2D eigenvalue weighted by atomic mass is 32.1. The second-order valence-electron chi connectivity index (χ2n) is 10.1. The minimum absolute atomic E-state index is 0.203. The molecule has 5 heterocycles. The Balaban J connectivity index is 1.36. The number of fused-ring (bicyclic) bond motifs is 5. The predicted molar refractivity (Wildman–Crippen MR) is 141 cm³/mol. The lowest BCUT2D eigenvalue weighted by Crippen LogP contribution is -2.33. The minimum Gasteiger partial charge on any atom is -0.370 e. The summed E-state index contributed by atoms with van der Waals surface area (Å²) >= 11 is 1.68. The van der Waals surface area contributed by atoms with Gasteiger partial charge in [0.1, 0.15) is 17.0 Å². The number of aromatic nitrogens is 5. The zero-order valence-electron chi connectivity index (χ0n) is 20.5. The molecule has 4 aromatic heterocycles. The number of ether oxygens (including phenoxy) is 1. The van der Waals surface area contributed by atoms with Crippen molar-refractivity contribution in [1.29, 1.82) is 0 Å². The smallest absolute Gasteiger partial charge is 0.147 e. The summed E-state index contributed by atoms with van der Waals surface area (Å²) in [6.45, 7) is 6.44. The molecule has 0 fully saturated rings. The first-order chi connectivity index (χ1) is 16.9. The third-order valence-electron chi connectivity index (χ3n) is 6.57. The van der Waals surface area contributed by atoms with Crippen LogP contribution in [0, 0.1) is 0 Å². The lowest BCUT2D eigenvalue weighted by atomic mass is 9.92. The van der Waals surface area contributed by atoms with Crippen LogP contribution in [0.25, 0.3) is 31.5 Å². The van der Waals surface area contributed by atoms with Crippen molar-refractivity contribution in [2.45, 2.75) is 45.4 Å². The van der Waals surface area contributed by atoms with Gasteiger partial charge in [-0.25, -0.2) is 19.9 Å². The summed E-state index contributed by atoms with van der Waals surface area (Å²) in [4.78, 5) is 25.2. The first kappa shape index (κ1) is 22.3. The van der Waals surface area contributed by atoms with E-state index < -0.39 is 0 Å². The van der Waals surface area contributed by atoms with Crippen molar-refractivity contribution in [3.05, 3.63) is 53.2 Å². The lowest BCUT2D eigenvalue weighted by molar-refractivity contribution is -0.0416. The molecule has 0 saturated heterocycles. The van der Waals surface area contributed by atoms with Gasteiger partial charge in [0.2, 0.25) is 0 Å². The van der Waals surface area contributed by atoms with Crippen LogP contribution in [0.1, 0.15) is 36.2 Å². The Morgan fingerprint density at radius 3 is 2.94 bits per heavy atom. The second kappa shape index (κ2) is 8.51. The number of pyridine rings is 1. The first-order valence-corrected chi connectivity index (χ1v) is 12.7. The topological polar surface area (TPSA) is 91.9 Å². The molecule has 5 aromatic rings. The van der Waals surface area contributed by atoms with Gasteiger partial charge in [0.25, 0.3) is 0 Å². The Kier molecular flexibility index (Phi) is 5.43. The van der Waals surface area contributed by atoms with Crippen molar-refractivity contribution in [2.24, 2.45) is 0 Å². The van der Waals surface area contributed by atoms with Crippen LogP contribution in [0.5, 0.6) is 0 Å². The number of anilines is 1.